The molecule has 2 heterocycles. The van der Waals surface area contributed by atoms with Gasteiger partial charge in [0, 0.05) is 26.2 Å². The predicted octanol–water partition coefficient (Wildman–Crippen LogP) is 0.958. The minimum atomic E-state index is -0.139. The molecular formula is C13H20N2O3. The van der Waals surface area contributed by atoms with E-state index in [0.717, 1.165) is 44.2 Å². The van der Waals surface area contributed by atoms with E-state index in [1.54, 1.807) is 6.07 Å². The normalized spacial score (nSPS) is 16.8. The van der Waals surface area contributed by atoms with Crippen molar-refractivity contribution >= 4 is 5.91 Å². The molecule has 2 rings (SSSR count). The van der Waals surface area contributed by atoms with Crippen molar-refractivity contribution in [3.63, 3.8) is 0 Å². The maximum Gasteiger partial charge on any atom is 0.287 e. The Balaban J connectivity index is 1.74. The van der Waals surface area contributed by atoms with Gasteiger partial charge in [-0.15, -0.1) is 0 Å². The Kier molecular flexibility index (Phi) is 4.38. The van der Waals surface area contributed by atoms with Crippen molar-refractivity contribution in [2.24, 2.45) is 0 Å². The number of nitrogens with one attached hydrogen (secondary N) is 1. The van der Waals surface area contributed by atoms with Crippen molar-refractivity contribution in [3.8, 4) is 0 Å². The van der Waals surface area contributed by atoms with Crippen molar-refractivity contribution in [1.82, 2.24) is 10.2 Å². The summed E-state index contributed by atoms with van der Waals surface area (Å²) in [6, 6.07) is 1.78. The molecule has 1 aromatic heterocycles. The number of rotatable bonds is 4. The van der Waals surface area contributed by atoms with Crippen LogP contribution in [0.2, 0.25) is 0 Å². The average molecular weight is 252 g/mol. The molecule has 0 bridgehead atoms. The SMILES string of the molecule is Cc1cc(C(=O)NCCN2CCOCC2)oc1C. The molecule has 100 valence electrons. The number of morpholine rings is 1. The number of hydrogen-bond acceptors (Lipinski definition) is 4. The summed E-state index contributed by atoms with van der Waals surface area (Å²) < 4.78 is 10.6. The summed E-state index contributed by atoms with van der Waals surface area (Å²) >= 11 is 0. The number of amides is 1. The Bertz CT molecular complexity index is 389. The van der Waals surface area contributed by atoms with Crippen molar-refractivity contribution in [2.75, 3.05) is 39.4 Å². The van der Waals surface area contributed by atoms with Gasteiger partial charge >= 0.3 is 0 Å². The molecule has 18 heavy (non-hydrogen) atoms. The fraction of sp³-hybridized carbons (Fsp3) is 0.615. The fourth-order valence-electron chi connectivity index (χ4n) is 1.92. The number of ether oxygens (including phenoxy) is 1. The minimum Gasteiger partial charge on any atom is -0.456 e. The quantitative estimate of drug-likeness (QED) is 0.867. The van der Waals surface area contributed by atoms with E-state index in [9.17, 15) is 4.79 Å². The lowest BCUT2D eigenvalue weighted by molar-refractivity contribution is 0.0382. The van der Waals surface area contributed by atoms with Crippen LogP contribution in [0.5, 0.6) is 0 Å². The van der Waals surface area contributed by atoms with Crippen LogP contribution >= 0.6 is 0 Å². The van der Waals surface area contributed by atoms with E-state index in [-0.39, 0.29) is 5.91 Å². The Morgan fingerprint density at radius 3 is 2.72 bits per heavy atom. The molecule has 0 atom stereocenters. The van der Waals surface area contributed by atoms with E-state index in [0.29, 0.717) is 12.3 Å². The van der Waals surface area contributed by atoms with Gasteiger partial charge in [0.1, 0.15) is 5.76 Å². The number of nitrogens with zero attached hydrogens (tertiary/aromatic N) is 1. The summed E-state index contributed by atoms with van der Waals surface area (Å²) in [4.78, 5) is 14.1. The highest BCUT2D eigenvalue weighted by molar-refractivity contribution is 5.91. The second kappa shape index (κ2) is 6.02. The van der Waals surface area contributed by atoms with Crippen LogP contribution in [0.3, 0.4) is 0 Å². The highest BCUT2D eigenvalue weighted by atomic mass is 16.5. The summed E-state index contributed by atoms with van der Waals surface area (Å²) in [6.45, 7) is 8.73. The zero-order valence-electron chi connectivity index (χ0n) is 11.0. The number of carbonyl (C=O) groups is 1. The van der Waals surface area contributed by atoms with E-state index in [1.807, 2.05) is 13.8 Å². The molecule has 0 aliphatic carbocycles. The molecule has 0 aromatic carbocycles. The standard InChI is InChI=1S/C13H20N2O3/c1-10-9-12(18-11(10)2)13(16)14-3-4-15-5-7-17-8-6-15/h9H,3-8H2,1-2H3,(H,14,16). The first-order chi connectivity index (χ1) is 8.66. The van der Waals surface area contributed by atoms with Crippen LogP contribution in [0, 0.1) is 13.8 Å². The maximum atomic E-state index is 11.8. The van der Waals surface area contributed by atoms with Crippen molar-refractivity contribution in [2.45, 2.75) is 13.8 Å². The fourth-order valence-corrected chi connectivity index (χ4v) is 1.92. The molecule has 1 N–H and O–H groups in total. The third kappa shape index (κ3) is 3.34. The van der Waals surface area contributed by atoms with Gasteiger partial charge in [0.2, 0.25) is 0 Å². The van der Waals surface area contributed by atoms with Gasteiger partial charge in [-0.25, -0.2) is 0 Å². The molecule has 0 unspecified atom stereocenters. The number of carbonyl (C=O) groups excluding carboxylic acids is 1. The van der Waals surface area contributed by atoms with Crippen LogP contribution in [0.1, 0.15) is 21.9 Å². The summed E-state index contributed by atoms with van der Waals surface area (Å²) in [5.74, 6) is 1.06. The number of furan rings is 1. The number of hydrogen-bond donors (Lipinski definition) is 1. The summed E-state index contributed by atoms with van der Waals surface area (Å²) in [7, 11) is 0. The third-order valence-corrected chi connectivity index (χ3v) is 3.21. The highest BCUT2D eigenvalue weighted by Gasteiger charge is 2.13. The topological polar surface area (TPSA) is 54.7 Å². The summed E-state index contributed by atoms with van der Waals surface area (Å²) in [5, 5.41) is 2.87. The lowest BCUT2D eigenvalue weighted by atomic mass is 10.3. The minimum absolute atomic E-state index is 0.139. The molecule has 0 radical (unpaired) electrons. The molecule has 0 spiro atoms. The van der Waals surface area contributed by atoms with Crippen LogP contribution in [0.4, 0.5) is 0 Å². The molecule has 5 nitrogen and oxygen atoms in total. The summed E-state index contributed by atoms with van der Waals surface area (Å²) in [5.41, 5.74) is 1.01. The second-order valence-corrected chi connectivity index (χ2v) is 4.56. The van der Waals surface area contributed by atoms with Crippen LogP contribution in [-0.4, -0.2) is 50.2 Å². The molecule has 1 fully saturated rings. The molecule has 5 heteroatoms. The molecular weight excluding hydrogens is 232 g/mol. The van der Waals surface area contributed by atoms with E-state index in [2.05, 4.69) is 10.2 Å². The van der Waals surface area contributed by atoms with E-state index < -0.39 is 0 Å². The Labute approximate surface area is 107 Å². The molecule has 1 amide bonds. The van der Waals surface area contributed by atoms with Gasteiger partial charge in [-0.3, -0.25) is 9.69 Å². The zero-order chi connectivity index (χ0) is 13.0. The van der Waals surface area contributed by atoms with Crippen molar-refractivity contribution in [1.29, 1.82) is 0 Å². The number of aryl methyl sites for hydroxylation is 2. The molecule has 1 aliphatic rings. The van der Waals surface area contributed by atoms with E-state index in [1.165, 1.54) is 0 Å². The predicted molar refractivity (Wildman–Crippen MR) is 67.8 cm³/mol. The van der Waals surface area contributed by atoms with Crippen molar-refractivity contribution < 1.29 is 13.9 Å². The Morgan fingerprint density at radius 1 is 1.39 bits per heavy atom. The molecule has 0 saturated carbocycles. The smallest absolute Gasteiger partial charge is 0.287 e. The molecule has 1 aliphatic heterocycles. The zero-order valence-corrected chi connectivity index (χ0v) is 11.0. The Hall–Kier alpha value is -1.33. The molecule has 1 aromatic rings. The molecule has 1 saturated heterocycles. The van der Waals surface area contributed by atoms with Gasteiger partial charge in [-0.2, -0.15) is 0 Å². The van der Waals surface area contributed by atoms with Crippen molar-refractivity contribution in [3.05, 3.63) is 23.2 Å². The first kappa shape index (κ1) is 13.1. The lowest BCUT2D eigenvalue weighted by Crippen LogP contribution is -2.41. The van der Waals surface area contributed by atoms with Gasteiger partial charge < -0.3 is 14.5 Å². The van der Waals surface area contributed by atoms with Gasteiger partial charge in [-0.05, 0) is 25.5 Å². The van der Waals surface area contributed by atoms with Crippen LogP contribution in [0.25, 0.3) is 0 Å². The van der Waals surface area contributed by atoms with E-state index >= 15 is 0 Å². The average Bonchev–Trinajstić information content (AvgIpc) is 2.71. The van der Waals surface area contributed by atoms with Gasteiger partial charge in [0.15, 0.2) is 5.76 Å². The van der Waals surface area contributed by atoms with E-state index in [4.69, 9.17) is 9.15 Å². The van der Waals surface area contributed by atoms with Gasteiger partial charge in [-0.1, -0.05) is 0 Å². The Morgan fingerprint density at radius 2 is 2.11 bits per heavy atom. The first-order valence-electron chi connectivity index (χ1n) is 6.32. The van der Waals surface area contributed by atoms with Crippen LogP contribution in [0.15, 0.2) is 10.5 Å². The van der Waals surface area contributed by atoms with Gasteiger partial charge in [0.05, 0.1) is 13.2 Å². The monoisotopic (exact) mass is 252 g/mol. The lowest BCUT2D eigenvalue weighted by Gasteiger charge is -2.26. The van der Waals surface area contributed by atoms with Gasteiger partial charge in [0.25, 0.3) is 5.91 Å². The van der Waals surface area contributed by atoms with Crippen LogP contribution < -0.4 is 5.32 Å². The highest BCUT2D eigenvalue weighted by Crippen LogP contribution is 2.12. The second-order valence-electron chi connectivity index (χ2n) is 4.56. The first-order valence-corrected chi connectivity index (χ1v) is 6.32. The van der Waals surface area contributed by atoms with Crippen LogP contribution in [-0.2, 0) is 4.74 Å². The third-order valence-electron chi connectivity index (χ3n) is 3.21. The largest absolute Gasteiger partial charge is 0.456 e. The maximum absolute atomic E-state index is 11.8. The summed E-state index contributed by atoms with van der Waals surface area (Å²) in [6.07, 6.45) is 0.